The Morgan fingerprint density at radius 1 is 1.14 bits per heavy atom. The quantitative estimate of drug-likeness (QED) is 0.835. The minimum Gasteiger partial charge on any atom is -0.376 e. The molecule has 1 unspecified atom stereocenters. The number of hydrogen-bond donors (Lipinski definition) is 2. The van der Waals surface area contributed by atoms with E-state index in [1.165, 1.54) is 11.1 Å². The van der Waals surface area contributed by atoms with Gasteiger partial charge in [0, 0.05) is 24.3 Å². The van der Waals surface area contributed by atoms with Gasteiger partial charge in [-0.3, -0.25) is 9.59 Å². The Labute approximate surface area is 166 Å². The molecule has 4 rings (SSSR count). The summed E-state index contributed by atoms with van der Waals surface area (Å²) in [7, 11) is 0. The fraction of sp³-hybridized carbons (Fsp3) is 0.391. The number of aryl methyl sites for hydroxylation is 2. The van der Waals surface area contributed by atoms with Crippen molar-refractivity contribution in [1.29, 1.82) is 0 Å². The maximum Gasteiger partial charge on any atom is 0.239 e. The van der Waals surface area contributed by atoms with Crippen LogP contribution in [0.2, 0.25) is 0 Å². The van der Waals surface area contributed by atoms with Gasteiger partial charge in [0.05, 0.1) is 12.6 Å². The van der Waals surface area contributed by atoms with Gasteiger partial charge in [0.2, 0.25) is 11.8 Å². The van der Waals surface area contributed by atoms with E-state index >= 15 is 0 Å². The lowest BCUT2D eigenvalue weighted by Crippen LogP contribution is -2.35. The molecule has 2 amide bonds. The van der Waals surface area contributed by atoms with Crippen molar-refractivity contribution in [1.82, 2.24) is 5.32 Å². The zero-order valence-corrected chi connectivity index (χ0v) is 16.3. The minimum atomic E-state index is -0.00171. The third-order valence-electron chi connectivity index (χ3n) is 5.72. The molecular weight excluding hydrogens is 350 g/mol. The van der Waals surface area contributed by atoms with E-state index in [-0.39, 0.29) is 24.4 Å². The molecule has 0 spiro atoms. The third kappa shape index (κ3) is 3.88. The van der Waals surface area contributed by atoms with Gasteiger partial charge in [0.1, 0.15) is 0 Å². The molecule has 0 bridgehead atoms. The molecule has 2 aliphatic rings. The van der Waals surface area contributed by atoms with Gasteiger partial charge < -0.3 is 15.5 Å². The van der Waals surface area contributed by atoms with Crippen molar-refractivity contribution in [2.45, 2.75) is 45.1 Å². The Kier molecular flexibility index (Phi) is 5.33. The molecule has 0 radical (unpaired) electrons. The molecule has 2 aromatic carbocycles. The summed E-state index contributed by atoms with van der Waals surface area (Å²) in [6.45, 7) is 3.03. The standard InChI is InChI=1S/C23H27N3O2/c1-16-14-18(11-12-21(16)26-13-5-10-23(26)28)24-15-22(27)25-20-9-4-7-17-6-2-3-8-19(17)20/h2-3,6,8,11-12,14,20,24H,4-5,7,9-10,13,15H2,1H3,(H,25,27). The van der Waals surface area contributed by atoms with Crippen LogP contribution < -0.4 is 15.5 Å². The van der Waals surface area contributed by atoms with Crippen LogP contribution in [0.1, 0.15) is 48.4 Å². The first-order chi connectivity index (χ1) is 13.6. The average Bonchev–Trinajstić information content (AvgIpc) is 3.12. The number of rotatable bonds is 5. The lowest BCUT2D eigenvalue weighted by atomic mass is 9.88. The monoisotopic (exact) mass is 377 g/mol. The number of hydrogen-bond acceptors (Lipinski definition) is 3. The maximum absolute atomic E-state index is 12.5. The summed E-state index contributed by atoms with van der Waals surface area (Å²) in [6.07, 6.45) is 4.73. The van der Waals surface area contributed by atoms with Crippen molar-refractivity contribution in [2.75, 3.05) is 23.3 Å². The number of nitrogens with one attached hydrogen (secondary N) is 2. The highest BCUT2D eigenvalue weighted by atomic mass is 16.2. The van der Waals surface area contributed by atoms with E-state index in [2.05, 4.69) is 28.8 Å². The van der Waals surface area contributed by atoms with Crippen molar-refractivity contribution in [3.8, 4) is 0 Å². The first-order valence-corrected chi connectivity index (χ1v) is 10.1. The molecule has 5 nitrogen and oxygen atoms in total. The molecular formula is C23H27N3O2. The minimum absolute atomic E-state index is 0.00171. The molecule has 2 N–H and O–H groups in total. The van der Waals surface area contributed by atoms with Crippen molar-refractivity contribution in [3.63, 3.8) is 0 Å². The van der Waals surface area contributed by atoms with Crippen LogP contribution in [0.5, 0.6) is 0 Å². The fourth-order valence-corrected chi connectivity index (χ4v) is 4.30. The van der Waals surface area contributed by atoms with Crippen LogP contribution in [0.15, 0.2) is 42.5 Å². The molecule has 1 aliphatic carbocycles. The summed E-state index contributed by atoms with van der Waals surface area (Å²) in [5.74, 6) is 0.189. The number of amides is 2. The predicted molar refractivity (Wildman–Crippen MR) is 112 cm³/mol. The molecule has 1 aliphatic heterocycles. The van der Waals surface area contributed by atoms with Gasteiger partial charge in [0.25, 0.3) is 0 Å². The van der Waals surface area contributed by atoms with Gasteiger partial charge in [-0.25, -0.2) is 0 Å². The van der Waals surface area contributed by atoms with Crippen LogP contribution in [-0.2, 0) is 16.0 Å². The zero-order valence-electron chi connectivity index (χ0n) is 16.3. The van der Waals surface area contributed by atoms with Gasteiger partial charge in [-0.15, -0.1) is 0 Å². The normalized spacial score (nSPS) is 18.7. The number of fused-ring (bicyclic) bond motifs is 1. The van der Waals surface area contributed by atoms with Gasteiger partial charge in [-0.2, -0.15) is 0 Å². The summed E-state index contributed by atoms with van der Waals surface area (Å²) in [5, 5.41) is 6.38. The summed E-state index contributed by atoms with van der Waals surface area (Å²) in [5.41, 5.74) is 5.50. The van der Waals surface area contributed by atoms with Gasteiger partial charge in [-0.05, 0) is 67.5 Å². The largest absolute Gasteiger partial charge is 0.376 e. The van der Waals surface area contributed by atoms with Gasteiger partial charge in [-0.1, -0.05) is 24.3 Å². The first-order valence-electron chi connectivity index (χ1n) is 10.1. The Morgan fingerprint density at radius 2 is 2.00 bits per heavy atom. The third-order valence-corrected chi connectivity index (χ3v) is 5.72. The van der Waals surface area contributed by atoms with Gasteiger partial charge >= 0.3 is 0 Å². The number of carbonyl (C=O) groups excluding carboxylic acids is 2. The van der Waals surface area contributed by atoms with E-state index in [4.69, 9.17) is 0 Å². The van der Waals surface area contributed by atoms with Crippen LogP contribution in [-0.4, -0.2) is 24.9 Å². The summed E-state index contributed by atoms with van der Waals surface area (Å²) < 4.78 is 0. The molecule has 0 aromatic heterocycles. The first kappa shape index (κ1) is 18.5. The molecule has 1 saturated heterocycles. The molecule has 1 atom stereocenters. The smallest absolute Gasteiger partial charge is 0.239 e. The van der Waals surface area contributed by atoms with Crippen LogP contribution >= 0.6 is 0 Å². The van der Waals surface area contributed by atoms with E-state index in [0.717, 1.165) is 49.2 Å². The highest BCUT2D eigenvalue weighted by Gasteiger charge is 2.23. The van der Waals surface area contributed by atoms with Gasteiger partial charge in [0.15, 0.2) is 0 Å². The number of anilines is 2. The van der Waals surface area contributed by atoms with Crippen LogP contribution in [0.25, 0.3) is 0 Å². The zero-order chi connectivity index (χ0) is 19.5. The predicted octanol–water partition coefficient (Wildman–Crippen LogP) is 3.73. The van der Waals surface area contributed by atoms with E-state index < -0.39 is 0 Å². The molecule has 146 valence electrons. The van der Waals surface area contributed by atoms with E-state index in [1.54, 1.807) is 0 Å². The van der Waals surface area contributed by atoms with Crippen molar-refractivity contribution in [2.24, 2.45) is 0 Å². The summed E-state index contributed by atoms with van der Waals surface area (Å²) >= 11 is 0. The van der Waals surface area contributed by atoms with E-state index in [0.29, 0.717) is 6.42 Å². The lowest BCUT2D eigenvalue weighted by Gasteiger charge is -2.26. The Morgan fingerprint density at radius 3 is 2.79 bits per heavy atom. The molecule has 5 heteroatoms. The van der Waals surface area contributed by atoms with Crippen LogP contribution in [0, 0.1) is 6.92 Å². The second-order valence-corrected chi connectivity index (χ2v) is 7.71. The second kappa shape index (κ2) is 8.05. The lowest BCUT2D eigenvalue weighted by molar-refractivity contribution is -0.120. The Balaban J connectivity index is 1.35. The maximum atomic E-state index is 12.5. The Bertz CT molecular complexity index is 893. The molecule has 1 fully saturated rings. The van der Waals surface area contributed by atoms with E-state index in [1.807, 2.05) is 36.1 Å². The topological polar surface area (TPSA) is 61.4 Å². The van der Waals surface area contributed by atoms with Crippen LogP contribution in [0.3, 0.4) is 0 Å². The fourth-order valence-electron chi connectivity index (χ4n) is 4.30. The highest BCUT2D eigenvalue weighted by molar-refractivity contribution is 5.96. The van der Waals surface area contributed by atoms with Crippen molar-refractivity contribution >= 4 is 23.2 Å². The van der Waals surface area contributed by atoms with E-state index in [9.17, 15) is 9.59 Å². The molecule has 1 heterocycles. The number of carbonyl (C=O) groups is 2. The second-order valence-electron chi connectivity index (χ2n) is 7.71. The molecule has 0 saturated carbocycles. The number of benzene rings is 2. The van der Waals surface area contributed by atoms with Crippen molar-refractivity contribution in [3.05, 3.63) is 59.2 Å². The van der Waals surface area contributed by atoms with Crippen LogP contribution in [0.4, 0.5) is 11.4 Å². The highest BCUT2D eigenvalue weighted by Crippen LogP contribution is 2.30. The summed E-state index contributed by atoms with van der Waals surface area (Å²) in [6, 6.07) is 14.4. The molecule has 2 aromatic rings. The van der Waals surface area contributed by atoms with Crippen molar-refractivity contribution < 1.29 is 9.59 Å². The average molecular weight is 377 g/mol. The SMILES string of the molecule is Cc1cc(NCC(=O)NC2CCCc3ccccc32)ccc1N1CCCC1=O. The summed E-state index contributed by atoms with van der Waals surface area (Å²) in [4.78, 5) is 26.3. The Hall–Kier alpha value is -2.82. The molecule has 28 heavy (non-hydrogen) atoms. The number of nitrogens with zero attached hydrogens (tertiary/aromatic N) is 1.